The Morgan fingerprint density at radius 2 is 1.29 bits per heavy atom. The number of aliphatic carboxylic acids is 1. The number of nitrogens with one attached hydrogen (secondary N) is 4. The predicted octanol–water partition coefficient (Wildman–Crippen LogP) is -0.498. The lowest BCUT2D eigenvalue weighted by atomic mass is 9.97. The van der Waals surface area contributed by atoms with Gasteiger partial charge in [0.1, 0.15) is 24.2 Å². The third-order valence-electron chi connectivity index (χ3n) is 6.86. The first-order chi connectivity index (χ1) is 19.6. The number of carboxylic acids is 1. The number of aliphatic imine (C=N–C) groups is 1. The van der Waals surface area contributed by atoms with Crippen LogP contribution < -0.4 is 38.5 Å². The second-order valence-electron chi connectivity index (χ2n) is 11.1. The van der Waals surface area contributed by atoms with Crippen LogP contribution >= 0.6 is 11.8 Å². The van der Waals surface area contributed by atoms with Crippen molar-refractivity contribution in [3.63, 3.8) is 0 Å². The molecule has 14 nitrogen and oxygen atoms in total. The van der Waals surface area contributed by atoms with Crippen molar-refractivity contribution in [3.05, 3.63) is 0 Å². The summed E-state index contributed by atoms with van der Waals surface area (Å²) in [5, 5.41) is 20.1. The van der Waals surface area contributed by atoms with Gasteiger partial charge in [0.05, 0.1) is 6.04 Å². The summed E-state index contributed by atoms with van der Waals surface area (Å²) in [7, 11) is 0. The minimum absolute atomic E-state index is 0.0990. The molecule has 0 aliphatic rings. The summed E-state index contributed by atoms with van der Waals surface area (Å²) in [4.78, 5) is 68.1. The largest absolute Gasteiger partial charge is 0.480 e. The summed E-state index contributed by atoms with van der Waals surface area (Å²) in [6.07, 6.45) is 3.27. The molecular weight excluding hydrogens is 564 g/mol. The summed E-state index contributed by atoms with van der Waals surface area (Å²) in [5.74, 6) is -3.98. The number of guanidine groups is 1. The third-order valence-corrected chi connectivity index (χ3v) is 7.50. The van der Waals surface area contributed by atoms with E-state index >= 15 is 0 Å². The van der Waals surface area contributed by atoms with Crippen LogP contribution in [0, 0.1) is 17.8 Å². The summed E-state index contributed by atoms with van der Waals surface area (Å²) in [5.41, 5.74) is 16.8. The lowest BCUT2D eigenvalue weighted by Crippen LogP contribution is -2.60. The van der Waals surface area contributed by atoms with Gasteiger partial charge in [0.2, 0.25) is 23.6 Å². The highest BCUT2D eigenvalue weighted by Crippen LogP contribution is 2.11. The van der Waals surface area contributed by atoms with Crippen molar-refractivity contribution in [1.29, 1.82) is 0 Å². The van der Waals surface area contributed by atoms with Gasteiger partial charge in [-0.3, -0.25) is 24.2 Å². The number of carbonyl (C=O) groups excluding carboxylic acids is 4. The van der Waals surface area contributed by atoms with E-state index in [0.717, 1.165) is 0 Å². The minimum atomic E-state index is -1.17. The first-order valence-corrected chi connectivity index (χ1v) is 15.7. The van der Waals surface area contributed by atoms with Crippen molar-refractivity contribution < 1.29 is 29.1 Å². The van der Waals surface area contributed by atoms with Crippen LogP contribution in [0.1, 0.15) is 67.2 Å². The minimum Gasteiger partial charge on any atom is -0.480 e. The fraction of sp³-hybridized carbons (Fsp3) is 0.778. The van der Waals surface area contributed by atoms with Gasteiger partial charge in [-0.25, -0.2) is 4.79 Å². The molecule has 6 atom stereocenters. The van der Waals surface area contributed by atoms with Crippen LogP contribution in [0.4, 0.5) is 0 Å². The first kappa shape index (κ1) is 38.9. The monoisotopic (exact) mass is 616 g/mol. The molecule has 0 aromatic heterocycles. The first-order valence-electron chi connectivity index (χ1n) is 14.3. The maximum atomic E-state index is 13.4. The smallest absolute Gasteiger partial charge is 0.326 e. The fourth-order valence-corrected chi connectivity index (χ4v) is 4.35. The molecule has 4 amide bonds. The number of nitrogens with zero attached hydrogens (tertiary/aromatic N) is 1. The van der Waals surface area contributed by atoms with Gasteiger partial charge in [-0.2, -0.15) is 11.8 Å². The molecule has 0 aliphatic heterocycles. The zero-order valence-electron chi connectivity index (χ0n) is 25.9. The van der Waals surface area contributed by atoms with Crippen molar-refractivity contribution in [2.75, 3.05) is 18.6 Å². The summed E-state index contributed by atoms with van der Waals surface area (Å²) < 4.78 is 0. The molecule has 0 bridgehead atoms. The Morgan fingerprint density at radius 1 is 0.786 bits per heavy atom. The average molecular weight is 617 g/mol. The van der Waals surface area contributed by atoms with Gasteiger partial charge in [0.25, 0.3) is 0 Å². The molecule has 0 heterocycles. The van der Waals surface area contributed by atoms with Gasteiger partial charge in [-0.1, -0.05) is 48.0 Å². The van der Waals surface area contributed by atoms with Crippen LogP contribution in [0.5, 0.6) is 0 Å². The van der Waals surface area contributed by atoms with Crippen LogP contribution in [-0.4, -0.2) is 89.4 Å². The number of nitrogens with two attached hydrogens (primary N) is 3. The molecule has 0 spiro atoms. The Labute approximate surface area is 253 Å². The number of rotatable bonds is 20. The average Bonchev–Trinajstić information content (AvgIpc) is 2.91. The van der Waals surface area contributed by atoms with Crippen LogP contribution in [-0.2, 0) is 24.0 Å². The SMILES string of the molecule is CC[C@H](C)[C@H](N)C(=O)N[C@@H](CCCN=C(N)N)C(=O)N[C@H](C(=O)N[C@H](C(=O)N[C@@H](CCSC)C(=O)O)C(C)C)C(C)C. The number of hydrogen-bond donors (Lipinski definition) is 8. The van der Waals surface area contributed by atoms with Gasteiger partial charge in [-0.05, 0) is 49.0 Å². The Morgan fingerprint density at radius 3 is 1.74 bits per heavy atom. The second kappa shape index (κ2) is 19.9. The van der Waals surface area contributed by atoms with E-state index < -0.39 is 65.7 Å². The van der Waals surface area contributed by atoms with Crippen molar-refractivity contribution >= 4 is 47.3 Å². The van der Waals surface area contributed by atoms with E-state index in [4.69, 9.17) is 17.2 Å². The molecule has 0 fully saturated rings. The summed E-state index contributed by atoms with van der Waals surface area (Å²) in [6, 6.07) is -5.06. The highest BCUT2D eigenvalue weighted by molar-refractivity contribution is 7.98. The zero-order valence-corrected chi connectivity index (χ0v) is 26.8. The van der Waals surface area contributed by atoms with Gasteiger partial charge >= 0.3 is 5.97 Å². The van der Waals surface area contributed by atoms with E-state index in [0.29, 0.717) is 18.6 Å². The van der Waals surface area contributed by atoms with E-state index in [9.17, 15) is 29.1 Å². The van der Waals surface area contributed by atoms with Crippen LogP contribution in [0.3, 0.4) is 0 Å². The van der Waals surface area contributed by atoms with Crippen molar-refractivity contribution in [2.24, 2.45) is 39.9 Å². The highest BCUT2D eigenvalue weighted by atomic mass is 32.2. The topological polar surface area (TPSA) is 244 Å². The molecule has 0 radical (unpaired) electrons. The summed E-state index contributed by atoms with van der Waals surface area (Å²) in [6.45, 7) is 10.8. The van der Waals surface area contributed by atoms with Crippen molar-refractivity contribution in [2.45, 2.75) is 97.4 Å². The quantitative estimate of drug-likeness (QED) is 0.0495. The molecule has 11 N–H and O–H groups in total. The number of hydrogen-bond acceptors (Lipinski definition) is 8. The molecule has 0 aliphatic carbocycles. The maximum Gasteiger partial charge on any atom is 0.326 e. The fourth-order valence-electron chi connectivity index (χ4n) is 3.87. The van der Waals surface area contributed by atoms with Gasteiger partial charge in [-0.15, -0.1) is 0 Å². The van der Waals surface area contributed by atoms with Gasteiger partial charge in [0.15, 0.2) is 5.96 Å². The Hall–Kier alpha value is -3.07. The third kappa shape index (κ3) is 14.2. The number of carbonyl (C=O) groups is 5. The van der Waals surface area contributed by atoms with E-state index in [1.807, 2.05) is 20.1 Å². The van der Waals surface area contributed by atoms with Gasteiger partial charge in [0, 0.05) is 6.54 Å². The Kier molecular flexibility index (Phi) is 18.5. The summed E-state index contributed by atoms with van der Waals surface area (Å²) >= 11 is 1.45. The second-order valence-corrected chi connectivity index (χ2v) is 12.0. The van der Waals surface area contributed by atoms with E-state index in [1.165, 1.54) is 11.8 Å². The Balaban J connectivity index is 5.79. The lowest BCUT2D eigenvalue weighted by Gasteiger charge is -2.29. The van der Waals surface area contributed by atoms with Crippen LogP contribution in [0.15, 0.2) is 4.99 Å². The highest BCUT2D eigenvalue weighted by Gasteiger charge is 2.34. The van der Waals surface area contributed by atoms with Gasteiger partial charge < -0.3 is 43.6 Å². The molecule has 0 unspecified atom stereocenters. The van der Waals surface area contributed by atoms with E-state index in [1.54, 1.807) is 27.7 Å². The molecule has 0 rings (SSSR count). The molecule has 0 aromatic carbocycles. The number of amides is 4. The number of carboxylic acid groups (broad SMARTS) is 1. The van der Waals surface area contributed by atoms with E-state index in [2.05, 4.69) is 26.3 Å². The Bertz CT molecular complexity index is 928. The van der Waals surface area contributed by atoms with Crippen LogP contribution in [0.25, 0.3) is 0 Å². The van der Waals surface area contributed by atoms with Crippen LogP contribution in [0.2, 0.25) is 0 Å². The van der Waals surface area contributed by atoms with Crippen molar-refractivity contribution in [1.82, 2.24) is 21.3 Å². The molecule has 42 heavy (non-hydrogen) atoms. The standard InChI is InChI=1S/C27H52N8O6S/c1-8-16(6)19(28)23(37)32-17(10-9-12-31-27(29)30)22(36)34-21(15(4)5)25(39)35-20(14(2)3)24(38)33-18(26(40)41)11-13-42-7/h14-21H,8-13,28H2,1-7H3,(H,32,37)(H,33,38)(H,34,36)(H,35,39)(H,40,41)(H4,29,30,31)/t16-,17-,18-,19-,20-,21-/m0/s1. The molecule has 15 heteroatoms. The predicted molar refractivity (Wildman–Crippen MR) is 165 cm³/mol. The number of thioether (sulfide) groups is 1. The molecule has 0 aromatic rings. The molecule has 0 saturated carbocycles. The normalized spacial score (nSPS) is 15.5. The molecule has 0 saturated heterocycles. The maximum absolute atomic E-state index is 13.4. The van der Waals surface area contributed by atoms with Crippen molar-refractivity contribution in [3.8, 4) is 0 Å². The molecule has 242 valence electrons. The lowest BCUT2D eigenvalue weighted by molar-refractivity contribution is -0.142. The molecular formula is C27H52N8O6S. The zero-order chi connectivity index (χ0) is 32.6. The van der Waals surface area contributed by atoms with E-state index in [-0.39, 0.29) is 37.2 Å².